The molecule has 0 aliphatic heterocycles. The van der Waals surface area contributed by atoms with Crippen LogP contribution < -0.4 is 5.32 Å². The van der Waals surface area contributed by atoms with Crippen LogP contribution in [0.2, 0.25) is 0 Å². The molecule has 2 rings (SSSR count). The fraction of sp³-hybridized carbons (Fsp3) is 0.385. The Kier molecular flexibility index (Phi) is 4.70. The summed E-state index contributed by atoms with van der Waals surface area (Å²) >= 11 is 1.68. The summed E-state index contributed by atoms with van der Waals surface area (Å²) in [6.45, 7) is 2.90. The number of rotatable bonds is 6. The number of aryl methyl sites for hydroxylation is 1. The van der Waals surface area contributed by atoms with E-state index >= 15 is 0 Å². The van der Waals surface area contributed by atoms with Crippen molar-refractivity contribution in [3.63, 3.8) is 0 Å². The summed E-state index contributed by atoms with van der Waals surface area (Å²) < 4.78 is 1.58. The Morgan fingerprint density at radius 2 is 2.37 bits per heavy atom. The second kappa shape index (κ2) is 6.49. The summed E-state index contributed by atoms with van der Waals surface area (Å²) in [4.78, 5) is 14.1. The van der Waals surface area contributed by atoms with E-state index in [1.165, 1.54) is 4.88 Å². The van der Waals surface area contributed by atoms with Crippen molar-refractivity contribution in [2.45, 2.75) is 26.4 Å². The van der Waals surface area contributed by atoms with Gasteiger partial charge in [-0.15, -0.1) is 11.3 Å². The van der Waals surface area contributed by atoms with Gasteiger partial charge in [0, 0.05) is 22.6 Å². The van der Waals surface area contributed by atoms with Gasteiger partial charge in [0.25, 0.3) is 0 Å². The lowest BCUT2D eigenvalue weighted by Gasteiger charge is -2.03. The minimum Gasteiger partial charge on any atom is -0.396 e. The molecule has 2 N–H and O–H groups in total. The van der Waals surface area contributed by atoms with E-state index in [0.29, 0.717) is 13.0 Å². The second-order valence-corrected chi connectivity index (χ2v) is 5.68. The molecular formula is C13H17N3O2S. The number of amides is 1. The largest absolute Gasteiger partial charge is 0.396 e. The Morgan fingerprint density at radius 1 is 1.53 bits per heavy atom. The van der Waals surface area contributed by atoms with Crippen LogP contribution in [-0.4, -0.2) is 27.4 Å². The van der Waals surface area contributed by atoms with Gasteiger partial charge in [0.1, 0.15) is 6.54 Å². The molecule has 1 amide bonds. The first-order valence-electron chi connectivity index (χ1n) is 6.11. The second-order valence-electron chi connectivity index (χ2n) is 4.31. The Labute approximate surface area is 115 Å². The molecule has 102 valence electrons. The van der Waals surface area contributed by atoms with Gasteiger partial charge in [0.2, 0.25) is 5.91 Å². The number of carbonyl (C=O) groups excluding carboxylic acids is 1. The van der Waals surface area contributed by atoms with E-state index in [0.717, 1.165) is 10.4 Å². The van der Waals surface area contributed by atoms with Crippen molar-refractivity contribution < 1.29 is 9.90 Å². The lowest BCUT2D eigenvalue weighted by Crippen LogP contribution is -2.26. The van der Waals surface area contributed by atoms with Crippen molar-refractivity contribution in [3.05, 3.63) is 39.8 Å². The third kappa shape index (κ3) is 4.18. The zero-order chi connectivity index (χ0) is 13.7. The Morgan fingerprint density at radius 3 is 3.05 bits per heavy atom. The van der Waals surface area contributed by atoms with Gasteiger partial charge in [-0.1, -0.05) is 0 Å². The van der Waals surface area contributed by atoms with E-state index in [-0.39, 0.29) is 19.1 Å². The molecule has 0 radical (unpaired) electrons. The van der Waals surface area contributed by atoms with Crippen LogP contribution in [0.4, 0.5) is 0 Å². The van der Waals surface area contributed by atoms with Gasteiger partial charge in [-0.2, -0.15) is 5.10 Å². The predicted octanol–water partition coefficient (Wildman–Crippen LogP) is 1.10. The van der Waals surface area contributed by atoms with E-state index in [1.54, 1.807) is 28.4 Å². The molecule has 5 nitrogen and oxygen atoms in total. The van der Waals surface area contributed by atoms with Crippen molar-refractivity contribution in [3.8, 4) is 0 Å². The van der Waals surface area contributed by atoms with Crippen molar-refractivity contribution in [2.24, 2.45) is 0 Å². The molecule has 0 spiro atoms. The van der Waals surface area contributed by atoms with E-state index in [2.05, 4.69) is 10.4 Å². The van der Waals surface area contributed by atoms with Crippen LogP contribution in [-0.2, 0) is 24.3 Å². The summed E-state index contributed by atoms with van der Waals surface area (Å²) in [6.07, 6.45) is 4.02. The number of carbonyl (C=O) groups is 1. The first kappa shape index (κ1) is 13.8. The molecule has 0 saturated carbocycles. The fourth-order valence-corrected chi connectivity index (χ4v) is 2.55. The van der Waals surface area contributed by atoms with Gasteiger partial charge in [0.05, 0.1) is 12.7 Å². The minimum absolute atomic E-state index is 0.0651. The van der Waals surface area contributed by atoms with Crippen LogP contribution in [0.5, 0.6) is 0 Å². The Bertz CT molecular complexity index is 548. The molecule has 0 bridgehead atoms. The average molecular weight is 279 g/mol. The molecule has 2 heterocycles. The van der Waals surface area contributed by atoms with Gasteiger partial charge in [-0.3, -0.25) is 9.48 Å². The Balaban J connectivity index is 1.80. The molecular weight excluding hydrogens is 262 g/mol. The number of hydrogen-bond acceptors (Lipinski definition) is 4. The van der Waals surface area contributed by atoms with Crippen LogP contribution in [0.25, 0.3) is 0 Å². The molecule has 2 aromatic heterocycles. The predicted molar refractivity (Wildman–Crippen MR) is 73.9 cm³/mol. The maximum absolute atomic E-state index is 11.7. The maximum Gasteiger partial charge on any atom is 0.242 e. The summed E-state index contributed by atoms with van der Waals surface area (Å²) in [5.41, 5.74) is 0.934. The third-order valence-electron chi connectivity index (χ3n) is 2.65. The number of nitrogens with zero attached hydrogens (tertiary/aromatic N) is 2. The Hall–Kier alpha value is -1.66. The van der Waals surface area contributed by atoms with Crippen LogP contribution in [0, 0.1) is 6.92 Å². The lowest BCUT2D eigenvalue weighted by molar-refractivity contribution is -0.122. The van der Waals surface area contributed by atoms with Gasteiger partial charge in [-0.05, 0) is 31.0 Å². The molecule has 6 heteroatoms. The molecule has 0 aliphatic carbocycles. The zero-order valence-electron chi connectivity index (χ0n) is 10.8. The number of aliphatic hydroxyl groups excluding tert-OH is 1. The van der Waals surface area contributed by atoms with E-state index < -0.39 is 0 Å². The van der Waals surface area contributed by atoms with Crippen molar-refractivity contribution in [1.82, 2.24) is 15.1 Å². The highest BCUT2D eigenvalue weighted by atomic mass is 32.1. The standard InChI is InChI=1S/C13H17N3O2S/c1-10-2-3-12(19-10)7-14-13(18)9-16-8-11(4-5-17)6-15-16/h2-3,6,8,17H,4-5,7,9H2,1H3,(H,14,18). The molecule has 0 atom stereocenters. The van der Waals surface area contributed by atoms with Crippen molar-refractivity contribution >= 4 is 17.2 Å². The van der Waals surface area contributed by atoms with Gasteiger partial charge in [0.15, 0.2) is 0 Å². The average Bonchev–Trinajstić information content (AvgIpc) is 2.97. The van der Waals surface area contributed by atoms with Crippen LogP contribution in [0.1, 0.15) is 15.3 Å². The number of aromatic nitrogens is 2. The number of thiophene rings is 1. The molecule has 0 aromatic carbocycles. The monoisotopic (exact) mass is 279 g/mol. The van der Waals surface area contributed by atoms with Gasteiger partial charge >= 0.3 is 0 Å². The molecule has 0 aliphatic rings. The maximum atomic E-state index is 11.7. The highest BCUT2D eigenvalue weighted by Gasteiger charge is 2.05. The summed E-state index contributed by atoms with van der Waals surface area (Å²) in [5, 5.41) is 15.8. The minimum atomic E-state index is -0.0651. The molecule has 0 fully saturated rings. The number of nitrogens with one attached hydrogen (secondary N) is 1. The quantitative estimate of drug-likeness (QED) is 0.832. The number of aliphatic hydroxyl groups is 1. The molecule has 19 heavy (non-hydrogen) atoms. The van der Waals surface area contributed by atoms with Crippen molar-refractivity contribution in [2.75, 3.05) is 6.61 Å². The van der Waals surface area contributed by atoms with E-state index in [9.17, 15) is 4.79 Å². The highest BCUT2D eigenvalue weighted by Crippen LogP contribution is 2.14. The molecule has 0 saturated heterocycles. The third-order valence-corrected chi connectivity index (χ3v) is 3.65. The number of hydrogen-bond donors (Lipinski definition) is 2. The fourth-order valence-electron chi connectivity index (χ4n) is 1.72. The van der Waals surface area contributed by atoms with Crippen LogP contribution in [0.15, 0.2) is 24.5 Å². The van der Waals surface area contributed by atoms with Crippen LogP contribution >= 0.6 is 11.3 Å². The summed E-state index contributed by atoms with van der Waals surface area (Å²) in [7, 11) is 0. The van der Waals surface area contributed by atoms with Crippen LogP contribution in [0.3, 0.4) is 0 Å². The van der Waals surface area contributed by atoms with E-state index in [1.807, 2.05) is 19.1 Å². The van der Waals surface area contributed by atoms with Gasteiger partial charge in [-0.25, -0.2) is 0 Å². The lowest BCUT2D eigenvalue weighted by atomic mass is 10.3. The normalized spacial score (nSPS) is 10.6. The topological polar surface area (TPSA) is 67.2 Å². The zero-order valence-corrected chi connectivity index (χ0v) is 11.6. The first-order chi connectivity index (χ1) is 9.17. The van der Waals surface area contributed by atoms with Crippen molar-refractivity contribution in [1.29, 1.82) is 0 Å². The van der Waals surface area contributed by atoms with E-state index in [4.69, 9.17) is 5.11 Å². The SMILES string of the molecule is Cc1ccc(CNC(=O)Cn2cc(CCO)cn2)s1. The molecule has 2 aromatic rings. The summed E-state index contributed by atoms with van der Waals surface area (Å²) in [6, 6.07) is 4.06. The molecule has 0 unspecified atom stereocenters. The summed E-state index contributed by atoms with van der Waals surface area (Å²) in [5.74, 6) is -0.0651. The van der Waals surface area contributed by atoms with Gasteiger partial charge < -0.3 is 10.4 Å². The first-order valence-corrected chi connectivity index (χ1v) is 6.93. The smallest absolute Gasteiger partial charge is 0.242 e. The highest BCUT2D eigenvalue weighted by molar-refractivity contribution is 7.11.